The van der Waals surface area contributed by atoms with Crippen molar-refractivity contribution >= 4 is 5.91 Å². The third kappa shape index (κ3) is 4.03. The molecule has 0 spiro atoms. The average molecular weight is 221 g/mol. The molecule has 1 amide bonds. The van der Waals surface area contributed by atoms with Gasteiger partial charge in [-0.05, 0) is 26.3 Å². The molecule has 0 heterocycles. The lowest BCUT2D eigenvalue weighted by Crippen LogP contribution is -2.30. The largest absolute Gasteiger partial charge is 0.372 e. The zero-order valence-corrected chi connectivity index (χ0v) is 10.1. The van der Waals surface area contributed by atoms with Crippen LogP contribution in [0, 0.1) is 6.92 Å². The first-order valence-electron chi connectivity index (χ1n) is 5.57. The van der Waals surface area contributed by atoms with Crippen LogP contribution in [0.25, 0.3) is 0 Å². The number of amides is 1. The SMILES string of the molecule is CCOCC(=O)N[C@@H](C)c1ccc(C)cc1. The number of hydrogen-bond donors (Lipinski definition) is 1. The van der Waals surface area contributed by atoms with Crippen molar-refractivity contribution in [3.63, 3.8) is 0 Å². The van der Waals surface area contributed by atoms with Gasteiger partial charge in [0.15, 0.2) is 0 Å². The lowest BCUT2D eigenvalue weighted by molar-refractivity contribution is -0.126. The van der Waals surface area contributed by atoms with Gasteiger partial charge in [0.2, 0.25) is 5.91 Å². The third-order valence-electron chi connectivity index (χ3n) is 2.39. The number of carbonyl (C=O) groups excluding carboxylic acids is 1. The number of benzene rings is 1. The molecule has 0 unspecified atom stereocenters. The van der Waals surface area contributed by atoms with Crippen molar-refractivity contribution in [2.45, 2.75) is 26.8 Å². The summed E-state index contributed by atoms with van der Waals surface area (Å²) < 4.78 is 5.04. The Labute approximate surface area is 96.8 Å². The molecule has 88 valence electrons. The Kier molecular flexibility index (Phi) is 4.99. The maximum absolute atomic E-state index is 11.4. The van der Waals surface area contributed by atoms with Gasteiger partial charge in [0.05, 0.1) is 6.04 Å². The lowest BCUT2D eigenvalue weighted by atomic mass is 10.1. The number of rotatable bonds is 5. The molecule has 0 aliphatic rings. The molecule has 0 bridgehead atoms. The van der Waals surface area contributed by atoms with Crippen LogP contribution in [-0.4, -0.2) is 19.1 Å². The van der Waals surface area contributed by atoms with Crippen LogP contribution in [0.15, 0.2) is 24.3 Å². The van der Waals surface area contributed by atoms with Crippen molar-refractivity contribution in [2.24, 2.45) is 0 Å². The molecule has 1 atom stereocenters. The Morgan fingerprint density at radius 2 is 2.00 bits per heavy atom. The molecule has 0 aliphatic heterocycles. The number of hydrogen-bond acceptors (Lipinski definition) is 2. The highest BCUT2D eigenvalue weighted by atomic mass is 16.5. The first kappa shape index (κ1) is 12.7. The second-order valence-electron chi connectivity index (χ2n) is 3.84. The van der Waals surface area contributed by atoms with Crippen LogP contribution in [0.5, 0.6) is 0 Å². The maximum atomic E-state index is 11.4. The Balaban J connectivity index is 2.48. The molecule has 0 aromatic heterocycles. The van der Waals surface area contributed by atoms with Gasteiger partial charge in [-0.3, -0.25) is 4.79 Å². The van der Waals surface area contributed by atoms with E-state index in [-0.39, 0.29) is 18.6 Å². The summed E-state index contributed by atoms with van der Waals surface area (Å²) in [6.45, 7) is 6.58. The smallest absolute Gasteiger partial charge is 0.246 e. The number of nitrogens with one attached hydrogen (secondary N) is 1. The zero-order valence-electron chi connectivity index (χ0n) is 10.1. The zero-order chi connectivity index (χ0) is 12.0. The highest BCUT2D eigenvalue weighted by molar-refractivity contribution is 5.77. The van der Waals surface area contributed by atoms with Crippen molar-refractivity contribution in [2.75, 3.05) is 13.2 Å². The van der Waals surface area contributed by atoms with Gasteiger partial charge in [-0.15, -0.1) is 0 Å². The highest BCUT2D eigenvalue weighted by Gasteiger charge is 2.08. The normalized spacial score (nSPS) is 12.2. The summed E-state index contributed by atoms with van der Waals surface area (Å²) in [7, 11) is 0. The molecular weight excluding hydrogens is 202 g/mol. The van der Waals surface area contributed by atoms with Crippen molar-refractivity contribution in [3.8, 4) is 0 Å². The summed E-state index contributed by atoms with van der Waals surface area (Å²) in [4.78, 5) is 11.4. The minimum Gasteiger partial charge on any atom is -0.372 e. The van der Waals surface area contributed by atoms with Gasteiger partial charge in [-0.25, -0.2) is 0 Å². The predicted octanol–water partition coefficient (Wildman–Crippen LogP) is 2.21. The van der Waals surface area contributed by atoms with Gasteiger partial charge >= 0.3 is 0 Å². The van der Waals surface area contributed by atoms with Crippen LogP contribution in [-0.2, 0) is 9.53 Å². The van der Waals surface area contributed by atoms with Crippen LogP contribution in [0.3, 0.4) is 0 Å². The molecule has 0 aliphatic carbocycles. The van der Waals surface area contributed by atoms with Crippen LogP contribution < -0.4 is 5.32 Å². The molecule has 0 saturated carbocycles. The summed E-state index contributed by atoms with van der Waals surface area (Å²) in [5, 5.41) is 2.89. The average Bonchev–Trinajstić information content (AvgIpc) is 2.27. The molecule has 0 fully saturated rings. The van der Waals surface area contributed by atoms with E-state index in [9.17, 15) is 4.79 Å². The predicted molar refractivity (Wildman–Crippen MR) is 64.2 cm³/mol. The first-order valence-corrected chi connectivity index (χ1v) is 5.57. The highest BCUT2D eigenvalue weighted by Crippen LogP contribution is 2.12. The monoisotopic (exact) mass is 221 g/mol. The minimum absolute atomic E-state index is 0.0218. The van der Waals surface area contributed by atoms with E-state index in [4.69, 9.17) is 4.74 Å². The number of carbonyl (C=O) groups is 1. The van der Waals surface area contributed by atoms with E-state index >= 15 is 0 Å². The van der Waals surface area contributed by atoms with Crippen molar-refractivity contribution < 1.29 is 9.53 Å². The lowest BCUT2D eigenvalue weighted by Gasteiger charge is -2.14. The van der Waals surface area contributed by atoms with E-state index in [1.807, 2.05) is 45.0 Å². The quantitative estimate of drug-likeness (QED) is 0.827. The van der Waals surface area contributed by atoms with Crippen molar-refractivity contribution in [1.29, 1.82) is 0 Å². The standard InChI is InChI=1S/C13H19NO2/c1-4-16-9-13(15)14-11(3)12-7-5-10(2)6-8-12/h5-8,11H,4,9H2,1-3H3,(H,14,15)/t11-/m0/s1. The summed E-state index contributed by atoms with van der Waals surface area (Å²) in [6.07, 6.45) is 0. The second kappa shape index (κ2) is 6.28. The third-order valence-corrected chi connectivity index (χ3v) is 2.39. The Bertz CT molecular complexity index is 332. The molecule has 0 radical (unpaired) electrons. The van der Waals surface area contributed by atoms with Gasteiger partial charge in [0.1, 0.15) is 6.61 Å². The van der Waals surface area contributed by atoms with Crippen LogP contribution >= 0.6 is 0 Å². The number of ether oxygens (including phenoxy) is 1. The van der Waals surface area contributed by atoms with Gasteiger partial charge < -0.3 is 10.1 Å². The molecule has 1 N–H and O–H groups in total. The van der Waals surface area contributed by atoms with Crippen LogP contribution in [0.4, 0.5) is 0 Å². The molecule has 3 heteroatoms. The van der Waals surface area contributed by atoms with E-state index in [1.54, 1.807) is 0 Å². The Morgan fingerprint density at radius 1 is 1.38 bits per heavy atom. The molecule has 0 saturated heterocycles. The van der Waals surface area contributed by atoms with Crippen LogP contribution in [0.1, 0.15) is 31.0 Å². The molecule has 1 aromatic rings. The minimum atomic E-state index is -0.0741. The molecule has 1 aromatic carbocycles. The van der Waals surface area contributed by atoms with E-state index in [0.29, 0.717) is 6.61 Å². The maximum Gasteiger partial charge on any atom is 0.246 e. The van der Waals surface area contributed by atoms with Crippen LogP contribution in [0.2, 0.25) is 0 Å². The molecule has 1 rings (SSSR count). The fraction of sp³-hybridized carbons (Fsp3) is 0.462. The molecular formula is C13H19NO2. The molecule has 16 heavy (non-hydrogen) atoms. The summed E-state index contributed by atoms with van der Waals surface area (Å²) in [5.74, 6) is -0.0741. The van der Waals surface area contributed by atoms with E-state index in [2.05, 4.69) is 5.32 Å². The van der Waals surface area contributed by atoms with Gasteiger partial charge in [0.25, 0.3) is 0 Å². The summed E-state index contributed by atoms with van der Waals surface area (Å²) in [6, 6.07) is 8.16. The summed E-state index contributed by atoms with van der Waals surface area (Å²) in [5.41, 5.74) is 2.33. The second-order valence-corrected chi connectivity index (χ2v) is 3.84. The number of aryl methyl sites for hydroxylation is 1. The topological polar surface area (TPSA) is 38.3 Å². The van der Waals surface area contributed by atoms with Crippen molar-refractivity contribution in [3.05, 3.63) is 35.4 Å². The molecule has 3 nitrogen and oxygen atoms in total. The van der Waals surface area contributed by atoms with Gasteiger partial charge in [-0.2, -0.15) is 0 Å². The Morgan fingerprint density at radius 3 is 2.56 bits per heavy atom. The summed E-state index contributed by atoms with van der Waals surface area (Å²) >= 11 is 0. The van der Waals surface area contributed by atoms with Gasteiger partial charge in [0, 0.05) is 6.61 Å². The Hall–Kier alpha value is -1.35. The fourth-order valence-electron chi connectivity index (χ4n) is 1.42. The van der Waals surface area contributed by atoms with E-state index < -0.39 is 0 Å². The first-order chi connectivity index (χ1) is 7.63. The van der Waals surface area contributed by atoms with Gasteiger partial charge in [-0.1, -0.05) is 29.8 Å². The van der Waals surface area contributed by atoms with E-state index in [0.717, 1.165) is 5.56 Å². The van der Waals surface area contributed by atoms with Crippen molar-refractivity contribution in [1.82, 2.24) is 5.32 Å². The fourth-order valence-corrected chi connectivity index (χ4v) is 1.42. The van der Waals surface area contributed by atoms with E-state index in [1.165, 1.54) is 5.56 Å².